The maximum Gasteiger partial charge on any atom is 0.0802 e. The Balaban J connectivity index is 2.32. The summed E-state index contributed by atoms with van der Waals surface area (Å²) in [5.74, 6) is 5.61. The molecule has 84 valence electrons. The molecule has 0 aliphatic carbocycles. The van der Waals surface area contributed by atoms with Crippen LogP contribution in [0, 0.1) is 6.92 Å². The minimum absolute atomic E-state index is 0.0379. The van der Waals surface area contributed by atoms with Gasteiger partial charge >= 0.3 is 0 Å². The van der Waals surface area contributed by atoms with Crippen LogP contribution in [-0.2, 0) is 0 Å². The van der Waals surface area contributed by atoms with Gasteiger partial charge in [0.1, 0.15) is 0 Å². The lowest BCUT2D eigenvalue weighted by molar-refractivity contribution is 0.646. The van der Waals surface area contributed by atoms with Gasteiger partial charge in [0.15, 0.2) is 0 Å². The fourth-order valence-corrected chi connectivity index (χ4v) is 2.70. The van der Waals surface area contributed by atoms with Crippen molar-refractivity contribution in [2.45, 2.75) is 13.0 Å². The van der Waals surface area contributed by atoms with Crippen LogP contribution in [0.4, 0.5) is 0 Å². The van der Waals surface area contributed by atoms with Crippen molar-refractivity contribution in [1.82, 2.24) is 5.43 Å². The van der Waals surface area contributed by atoms with Gasteiger partial charge in [-0.05, 0) is 36.8 Å². The molecule has 0 radical (unpaired) electrons. The van der Waals surface area contributed by atoms with Crippen LogP contribution < -0.4 is 11.3 Å². The molecular formula is C12H13ClN2S. The predicted molar refractivity (Wildman–Crippen MR) is 69.7 cm³/mol. The summed E-state index contributed by atoms with van der Waals surface area (Å²) in [6.45, 7) is 2.09. The molecule has 2 rings (SSSR count). The van der Waals surface area contributed by atoms with Crippen molar-refractivity contribution in [1.29, 1.82) is 0 Å². The number of hydrogen-bond donors (Lipinski definition) is 2. The normalized spacial score (nSPS) is 12.7. The third kappa shape index (κ3) is 2.44. The molecule has 0 saturated carbocycles. The lowest BCUT2D eigenvalue weighted by Gasteiger charge is -2.14. The Kier molecular flexibility index (Phi) is 3.61. The van der Waals surface area contributed by atoms with Crippen molar-refractivity contribution in [3.8, 4) is 0 Å². The molecule has 1 unspecified atom stereocenters. The van der Waals surface area contributed by atoms with E-state index in [0.717, 1.165) is 10.6 Å². The van der Waals surface area contributed by atoms with Gasteiger partial charge in [0.05, 0.1) is 6.04 Å². The highest BCUT2D eigenvalue weighted by molar-refractivity contribution is 7.12. The maximum absolute atomic E-state index is 5.86. The smallest absolute Gasteiger partial charge is 0.0802 e. The van der Waals surface area contributed by atoms with Crippen molar-refractivity contribution >= 4 is 22.9 Å². The fourth-order valence-electron chi connectivity index (χ4n) is 1.61. The van der Waals surface area contributed by atoms with Gasteiger partial charge in [-0.15, -0.1) is 11.3 Å². The lowest BCUT2D eigenvalue weighted by Crippen LogP contribution is -2.28. The number of hydrazine groups is 1. The topological polar surface area (TPSA) is 38.0 Å². The number of aryl methyl sites for hydroxylation is 1. The van der Waals surface area contributed by atoms with E-state index < -0.39 is 0 Å². The third-order valence-corrected chi connectivity index (χ3v) is 3.73. The van der Waals surface area contributed by atoms with Gasteiger partial charge in [-0.2, -0.15) is 0 Å². The minimum Gasteiger partial charge on any atom is -0.271 e. The molecule has 1 aromatic carbocycles. The van der Waals surface area contributed by atoms with Crippen LogP contribution in [0.15, 0.2) is 36.4 Å². The van der Waals surface area contributed by atoms with E-state index in [1.165, 1.54) is 9.75 Å². The highest BCUT2D eigenvalue weighted by atomic mass is 35.5. The second-order valence-corrected chi connectivity index (χ2v) is 5.36. The Morgan fingerprint density at radius 2 is 1.88 bits per heavy atom. The highest BCUT2D eigenvalue weighted by Crippen LogP contribution is 2.28. The minimum atomic E-state index is 0.0379. The van der Waals surface area contributed by atoms with E-state index in [-0.39, 0.29) is 6.04 Å². The number of thiophene rings is 1. The maximum atomic E-state index is 5.86. The summed E-state index contributed by atoms with van der Waals surface area (Å²) >= 11 is 7.60. The molecule has 0 aliphatic rings. The van der Waals surface area contributed by atoms with E-state index in [4.69, 9.17) is 17.4 Å². The van der Waals surface area contributed by atoms with E-state index in [1.807, 2.05) is 24.3 Å². The van der Waals surface area contributed by atoms with E-state index in [1.54, 1.807) is 11.3 Å². The van der Waals surface area contributed by atoms with E-state index >= 15 is 0 Å². The Morgan fingerprint density at radius 1 is 1.19 bits per heavy atom. The molecule has 1 heterocycles. The standard InChI is InChI=1S/C12H13ClN2S/c1-8-2-7-11(16-8)12(15-14)9-3-5-10(13)6-4-9/h2-7,12,15H,14H2,1H3. The van der Waals surface area contributed by atoms with Crippen molar-refractivity contribution in [3.05, 3.63) is 56.7 Å². The van der Waals surface area contributed by atoms with Crippen LogP contribution in [0.1, 0.15) is 21.4 Å². The lowest BCUT2D eigenvalue weighted by atomic mass is 10.1. The number of halogens is 1. The molecule has 0 fully saturated rings. The van der Waals surface area contributed by atoms with Crippen LogP contribution in [0.25, 0.3) is 0 Å². The molecule has 3 N–H and O–H groups in total. The largest absolute Gasteiger partial charge is 0.271 e. The molecule has 2 aromatic rings. The van der Waals surface area contributed by atoms with Crippen LogP contribution in [0.2, 0.25) is 5.02 Å². The quantitative estimate of drug-likeness (QED) is 0.650. The van der Waals surface area contributed by atoms with Gasteiger partial charge < -0.3 is 0 Å². The highest BCUT2D eigenvalue weighted by Gasteiger charge is 2.13. The summed E-state index contributed by atoms with van der Waals surface area (Å²) in [5, 5.41) is 0.738. The molecule has 0 aliphatic heterocycles. The van der Waals surface area contributed by atoms with E-state index in [2.05, 4.69) is 24.5 Å². The Hall–Kier alpha value is -0.870. The molecule has 16 heavy (non-hydrogen) atoms. The van der Waals surface area contributed by atoms with Crippen LogP contribution in [-0.4, -0.2) is 0 Å². The zero-order valence-electron chi connectivity index (χ0n) is 8.91. The second-order valence-electron chi connectivity index (χ2n) is 3.60. The molecular weight excluding hydrogens is 240 g/mol. The SMILES string of the molecule is Cc1ccc(C(NN)c2ccc(Cl)cc2)s1. The van der Waals surface area contributed by atoms with Gasteiger partial charge in [0.2, 0.25) is 0 Å². The number of nitrogens with two attached hydrogens (primary N) is 1. The van der Waals surface area contributed by atoms with Crippen molar-refractivity contribution in [2.24, 2.45) is 5.84 Å². The molecule has 1 atom stereocenters. The zero-order valence-corrected chi connectivity index (χ0v) is 10.5. The van der Waals surface area contributed by atoms with Gasteiger partial charge in [0, 0.05) is 14.8 Å². The third-order valence-electron chi connectivity index (χ3n) is 2.42. The molecule has 0 spiro atoms. The first-order chi connectivity index (χ1) is 7.70. The van der Waals surface area contributed by atoms with E-state index in [9.17, 15) is 0 Å². The van der Waals surface area contributed by atoms with Crippen LogP contribution in [0.3, 0.4) is 0 Å². The average Bonchev–Trinajstić information content (AvgIpc) is 2.69. The zero-order chi connectivity index (χ0) is 11.5. The van der Waals surface area contributed by atoms with Crippen molar-refractivity contribution < 1.29 is 0 Å². The summed E-state index contributed by atoms with van der Waals surface area (Å²) in [4.78, 5) is 2.49. The summed E-state index contributed by atoms with van der Waals surface area (Å²) in [7, 11) is 0. The van der Waals surface area contributed by atoms with Crippen molar-refractivity contribution in [2.75, 3.05) is 0 Å². The monoisotopic (exact) mass is 252 g/mol. The fraction of sp³-hybridized carbons (Fsp3) is 0.167. The molecule has 0 amide bonds. The number of hydrogen-bond acceptors (Lipinski definition) is 3. The molecule has 0 saturated heterocycles. The molecule has 4 heteroatoms. The molecule has 0 bridgehead atoms. The van der Waals surface area contributed by atoms with Gasteiger partial charge in [-0.3, -0.25) is 5.84 Å². The average molecular weight is 253 g/mol. The Morgan fingerprint density at radius 3 is 2.38 bits per heavy atom. The molecule has 2 nitrogen and oxygen atoms in total. The number of nitrogens with one attached hydrogen (secondary N) is 1. The number of rotatable bonds is 3. The van der Waals surface area contributed by atoms with E-state index in [0.29, 0.717) is 0 Å². The van der Waals surface area contributed by atoms with Gasteiger partial charge in [0.25, 0.3) is 0 Å². The Labute approximate surface area is 104 Å². The van der Waals surface area contributed by atoms with Gasteiger partial charge in [-0.25, -0.2) is 5.43 Å². The number of benzene rings is 1. The Bertz CT molecular complexity index is 464. The van der Waals surface area contributed by atoms with Gasteiger partial charge in [-0.1, -0.05) is 23.7 Å². The first-order valence-electron chi connectivity index (χ1n) is 4.98. The van der Waals surface area contributed by atoms with Crippen LogP contribution in [0.5, 0.6) is 0 Å². The van der Waals surface area contributed by atoms with Crippen molar-refractivity contribution in [3.63, 3.8) is 0 Å². The summed E-state index contributed by atoms with van der Waals surface area (Å²) in [6, 6.07) is 12.0. The summed E-state index contributed by atoms with van der Waals surface area (Å²) in [6.07, 6.45) is 0. The summed E-state index contributed by atoms with van der Waals surface area (Å²) < 4.78 is 0. The second kappa shape index (κ2) is 4.97. The predicted octanol–water partition coefficient (Wildman–Crippen LogP) is 3.26. The summed E-state index contributed by atoms with van der Waals surface area (Å²) in [5.41, 5.74) is 3.95. The molecule has 1 aromatic heterocycles. The first-order valence-corrected chi connectivity index (χ1v) is 6.18. The first kappa shape index (κ1) is 11.6. The van der Waals surface area contributed by atoms with Crippen LogP contribution >= 0.6 is 22.9 Å².